The normalized spacial score (nSPS) is 11.0. The summed E-state index contributed by atoms with van der Waals surface area (Å²) in [5.41, 5.74) is 0.504. The molecule has 0 aliphatic heterocycles. The molecule has 0 radical (unpaired) electrons. The van der Waals surface area contributed by atoms with Gasteiger partial charge in [-0.05, 0) is 23.6 Å². The first kappa shape index (κ1) is 18.0. The highest BCUT2D eigenvalue weighted by atomic mass is 35.5. The van der Waals surface area contributed by atoms with Crippen LogP contribution in [-0.2, 0) is 11.3 Å². The fourth-order valence-electron chi connectivity index (χ4n) is 2.31. The molecule has 1 aromatic carbocycles. The zero-order valence-electron chi connectivity index (χ0n) is 13.5. The van der Waals surface area contributed by atoms with Crippen molar-refractivity contribution in [1.82, 2.24) is 14.9 Å². The Balaban J connectivity index is 1.56. The Morgan fingerprint density at radius 1 is 1.36 bits per heavy atom. The number of aromatic nitrogens is 2. The molecule has 25 heavy (non-hydrogen) atoms. The molecule has 1 amide bonds. The van der Waals surface area contributed by atoms with E-state index in [0.717, 1.165) is 4.90 Å². The average Bonchev–Trinajstić information content (AvgIpc) is 3.05. The van der Waals surface area contributed by atoms with Crippen LogP contribution in [0.15, 0.2) is 45.4 Å². The van der Waals surface area contributed by atoms with E-state index in [1.807, 2.05) is 29.6 Å². The number of rotatable bonds is 6. The van der Waals surface area contributed by atoms with Gasteiger partial charge in [0.15, 0.2) is 0 Å². The fourth-order valence-corrected chi connectivity index (χ4v) is 4.21. The molecule has 1 N–H and O–H groups in total. The lowest BCUT2D eigenvalue weighted by atomic mass is 10.4. The zero-order chi connectivity index (χ0) is 17.8. The Hall–Kier alpha value is -1.83. The summed E-state index contributed by atoms with van der Waals surface area (Å²) >= 11 is 9.02. The minimum atomic E-state index is -0.162. The molecule has 130 valence electrons. The molecule has 0 aliphatic rings. The van der Waals surface area contributed by atoms with Crippen molar-refractivity contribution in [3.8, 4) is 0 Å². The van der Waals surface area contributed by atoms with Crippen LogP contribution < -0.4 is 5.56 Å². The number of aromatic amines is 1. The van der Waals surface area contributed by atoms with Crippen molar-refractivity contribution in [1.29, 1.82) is 0 Å². The second kappa shape index (κ2) is 8.03. The third-order valence-corrected chi connectivity index (χ3v) is 6.01. The van der Waals surface area contributed by atoms with Gasteiger partial charge in [0.05, 0.1) is 17.1 Å². The summed E-state index contributed by atoms with van der Waals surface area (Å²) in [6.07, 6.45) is 0.386. The Morgan fingerprint density at radius 2 is 2.16 bits per heavy atom. The first-order valence-corrected chi connectivity index (χ1v) is 9.86. The molecule has 3 aromatic rings. The van der Waals surface area contributed by atoms with Gasteiger partial charge in [-0.3, -0.25) is 9.59 Å². The van der Waals surface area contributed by atoms with Gasteiger partial charge >= 0.3 is 0 Å². The number of carbonyl (C=O) groups is 1. The van der Waals surface area contributed by atoms with E-state index in [1.54, 1.807) is 29.8 Å². The monoisotopic (exact) mass is 393 g/mol. The van der Waals surface area contributed by atoms with Crippen LogP contribution in [0.1, 0.15) is 12.2 Å². The van der Waals surface area contributed by atoms with Crippen LogP contribution in [0.2, 0.25) is 5.02 Å². The molecular formula is C17H16ClN3O2S2. The van der Waals surface area contributed by atoms with E-state index in [4.69, 9.17) is 11.6 Å². The number of benzene rings is 1. The van der Waals surface area contributed by atoms with Crippen LogP contribution in [0.25, 0.3) is 10.2 Å². The highest BCUT2D eigenvalue weighted by Crippen LogP contribution is 2.27. The first-order valence-electron chi connectivity index (χ1n) is 7.62. The van der Waals surface area contributed by atoms with Gasteiger partial charge in [0.1, 0.15) is 10.5 Å². The maximum Gasteiger partial charge on any atom is 0.268 e. The van der Waals surface area contributed by atoms with Crippen molar-refractivity contribution in [3.63, 3.8) is 0 Å². The summed E-state index contributed by atoms with van der Waals surface area (Å²) in [4.78, 5) is 33.9. The lowest BCUT2D eigenvalue weighted by molar-refractivity contribution is -0.130. The molecular weight excluding hydrogens is 378 g/mol. The summed E-state index contributed by atoms with van der Waals surface area (Å²) in [7, 11) is 1.71. The van der Waals surface area contributed by atoms with Gasteiger partial charge in [0, 0.05) is 24.1 Å². The number of fused-ring (bicyclic) bond motifs is 1. The quantitative estimate of drug-likeness (QED) is 0.647. The predicted octanol–water partition coefficient (Wildman–Crippen LogP) is 3.78. The highest BCUT2D eigenvalue weighted by molar-refractivity contribution is 7.99. The molecule has 0 saturated heterocycles. The molecule has 2 aromatic heterocycles. The van der Waals surface area contributed by atoms with Gasteiger partial charge < -0.3 is 9.88 Å². The van der Waals surface area contributed by atoms with E-state index >= 15 is 0 Å². The van der Waals surface area contributed by atoms with Crippen molar-refractivity contribution in [2.24, 2.45) is 0 Å². The van der Waals surface area contributed by atoms with Gasteiger partial charge in [-0.1, -0.05) is 23.7 Å². The second-order valence-corrected chi connectivity index (χ2v) is 7.89. The maximum atomic E-state index is 12.3. The zero-order valence-corrected chi connectivity index (χ0v) is 15.9. The number of H-pyrrole nitrogens is 1. The number of thioether (sulfide) groups is 1. The summed E-state index contributed by atoms with van der Waals surface area (Å²) in [5, 5.41) is 2.52. The summed E-state index contributed by atoms with van der Waals surface area (Å²) in [6.45, 7) is 0.274. The van der Waals surface area contributed by atoms with Crippen LogP contribution in [-0.4, -0.2) is 33.6 Å². The van der Waals surface area contributed by atoms with Crippen LogP contribution in [0.3, 0.4) is 0 Å². The highest BCUT2D eigenvalue weighted by Gasteiger charge is 2.12. The number of hydrogen-bond donors (Lipinski definition) is 1. The van der Waals surface area contributed by atoms with E-state index < -0.39 is 0 Å². The number of amides is 1. The van der Waals surface area contributed by atoms with Crippen molar-refractivity contribution in [2.45, 2.75) is 17.9 Å². The number of hydrogen-bond acceptors (Lipinski definition) is 5. The molecule has 0 unspecified atom stereocenters. The Kier molecular flexibility index (Phi) is 5.78. The molecule has 2 heterocycles. The minimum absolute atomic E-state index is 0.00684. The van der Waals surface area contributed by atoms with Crippen LogP contribution in [0.4, 0.5) is 0 Å². The van der Waals surface area contributed by atoms with E-state index in [1.165, 1.54) is 11.3 Å². The minimum Gasteiger partial charge on any atom is -0.338 e. The average molecular weight is 394 g/mol. The lowest BCUT2D eigenvalue weighted by Gasteiger charge is -2.16. The fraction of sp³-hybridized carbons (Fsp3) is 0.235. The molecule has 0 bridgehead atoms. The van der Waals surface area contributed by atoms with Crippen molar-refractivity contribution >= 4 is 50.8 Å². The number of halogens is 1. The third kappa shape index (κ3) is 4.42. The van der Waals surface area contributed by atoms with Crippen LogP contribution in [0, 0.1) is 0 Å². The number of nitrogens with zero attached hydrogens (tertiary/aromatic N) is 2. The largest absolute Gasteiger partial charge is 0.338 e. The van der Waals surface area contributed by atoms with Gasteiger partial charge in [-0.25, -0.2) is 4.98 Å². The van der Waals surface area contributed by atoms with E-state index in [9.17, 15) is 9.59 Å². The van der Waals surface area contributed by atoms with Crippen LogP contribution >= 0.6 is 34.7 Å². The van der Waals surface area contributed by atoms with Gasteiger partial charge in [0.2, 0.25) is 5.91 Å². The number of carbonyl (C=O) groups excluding carboxylic acids is 1. The smallest absolute Gasteiger partial charge is 0.268 e. The predicted molar refractivity (Wildman–Crippen MR) is 104 cm³/mol. The first-order chi connectivity index (χ1) is 12.0. The topological polar surface area (TPSA) is 66.1 Å². The van der Waals surface area contributed by atoms with Crippen molar-refractivity contribution in [2.75, 3.05) is 12.8 Å². The standard InChI is InChI=1S/C17H16ClN3O2S2/c1-21(10-14-19-12-6-8-25-16(12)17(23)20-14)15(22)7-9-24-13-5-3-2-4-11(13)18/h2-6,8H,7,9-10H2,1H3,(H,19,20,23). The summed E-state index contributed by atoms with van der Waals surface area (Å²) in [6, 6.07) is 9.38. The SMILES string of the molecule is CN(Cc1nc2ccsc2c(=O)[nH]1)C(=O)CCSc1ccccc1Cl. The molecule has 0 atom stereocenters. The van der Waals surface area contributed by atoms with Crippen molar-refractivity contribution in [3.05, 3.63) is 56.9 Å². The van der Waals surface area contributed by atoms with E-state index in [2.05, 4.69) is 9.97 Å². The Morgan fingerprint density at radius 3 is 2.96 bits per heavy atom. The number of nitrogens with one attached hydrogen (secondary N) is 1. The number of thiophene rings is 1. The Labute approximate surface area is 158 Å². The molecule has 0 spiro atoms. The summed E-state index contributed by atoms with van der Waals surface area (Å²) < 4.78 is 0.605. The van der Waals surface area contributed by atoms with Gasteiger partial charge in [-0.2, -0.15) is 0 Å². The molecule has 0 aliphatic carbocycles. The molecule has 8 heteroatoms. The van der Waals surface area contributed by atoms with Crippen LogP contribution in [0.5, 0.6) is 0 Å². The summed E-state index contributed by atoms with van der Waals surface area (Å²) in [5.74, 6) is 1.12. The third-order valence-electron chi connectivity index (χ3n) is 3.59. The van der Waals surface area contributed by atoms with Gasteiger partial charge in [0.25, 0.3) is 5.56 Å². The second-order valence-electron chi connectivity index (χ2n) is 5.43. The Bertz CT molecular complexity index is 954. The maximum absolute atomic E-state index is 12.3. The van der Waals surface area contributed by atoms with E-state index in [0.29, 0.717) is 33.2 Å². The molecule has 0 fully saturated rings. The lowest BCUT2D eigenvalue weighted by Crippen LogP contribution is -2.28. The molecule has 0 saturated carbocycles. The molecule has 3 rings (SSSR count). The van der Waals surface area contributed by atoms with Crippen molar-refractivity contribution < 1.29 is 4.79 Å². The molecule has 5 nitrogen and oxygen atoms in total. The van der Waals surface area contributed by atoms with Gasteiger partial charge in [-0.15, -0.1) is 23.1 Å². The van der Waals surface area contributed by atoms with E-state index in [-0.39, 0.29) is 18.0 Å².